The first-order chi connectivity index (χ1) is 16.0. The molecule has 0 bridgehead atoms. The number of fused-ring (bicyclic) bond motifs is 1. The van der Waals surface area contributed by atoms with Crippen molar-refractivity contribution in [3.8, 4) is 0 Å². The predicted molar refractivity (Wildman–Crippen MR) is 123 cm³/mol. The molecule has 0 aliphatic carbocycles. The van der Waals surface area contributed by atoms with Crippen LogP contribution in [0, 0.1) is 11.8 Å². The van der Waals surface area contributed by atoms with E-state index in [9.17, 15) is 13.2 Å². The highest BCUT2D eigenvalue weighted by atomic mass is 32.2. The molecule has 174 valence electrons. The molecule has 2 aromatic carbocycles. The summed E-state index contributed by atoms with van der Waals surface area (Å²) in [7, 11) is -3.80. The Morgan fingerprint density at radius 2 is 1.76 bits per heavy atom. The van der Waals surface area contributed by atoms with E-state index in [1.54, 1.807) is 12.1 Å². The second kappa shape index (κ2) is 9.23. The lowest BCUT2D eigenvalue weighted by atomic mass is 9.89. The van der Waals surface area contributed by atoms with E-state index >= 15 is 0 Å². The molecular weight excluding hydrogens is 440 g/mol. The van der Waals surface area contributed by atoms with Crippen molar-refractivity contribution < 1.29 is 17.8 Å². The Morgan fingerprint density at radius 3 is 2.55 bits per heavy atom. The zero-order chi connectivity index (χ0) is 22.8. The van der Waals surface area contributed by atoms with E-state index in [0.717, 1.165) is 32.4 Å². The minimum absolute atomic E-state index is 0.0781. The van der Waals surface area contributed by atoms with Crippen LogP contribution in [0.15, 0.2) is 58.1 Å². The maximum Gasteiger partial charge on any atom is 0.245 e. The number of benzene rings is 2. The number of nitrogens with zero attached hydrogens (tertiary/aromatic N) is 4. The zero-order valence-corrected chi connectivity index (χ0v) is 19.3. The molecule has 0 saturated carbocycles. The highest BCUT2D eigenvalue weighted by Gasteiger charge is 2.37. The lowest BCUT2D eigenvalue weighted by Crippen LogP contribution is -2.48. The second-order valence-electron chi connectivity index (χ2n) is 9.05. The molecule has 0 spiro atoms. The van der Waals surface area contributed by atoms with E-state index in [-0.39, 0.29) is 28.8 Å². The number of aromatic nitrogens is 2. The van der Waals surface area contributed by atoms with E-state index in [4.69, 9.17) is 4.63 Å². The highest BCUT2D eigenvalue weighted by Crippen LogP contribution is 2.29. The number of rotatable bonds is 5. The van der Waals surface area contributed by atoms with E-state index in [1.807, 2.05) is 11.0 Å². The van der Waals surface area contributed by atoms with E-state index in [0.29, 0.717) is 30.8 Å². The summed E-state index contributed by atoms with van der Waals surface area (Å²) in [5.74, 6) is 0.347. The SMILES string of the molecule is O=C([C@@H]1CCCN(S(=O)(=O)c2cccc3nonc23)C1)N1CCC(Cc2ccccc2)CC1. The number of hydrogen-bond acceptors (Lipinski definition) is 6. The van der Waals surface area contributed by atoms with Crippen LogP contribution in [0.1, 0.15) is 31.2 Å². The van der Waals surface area contributed by atoms with Crippen LogP contribution >= 0.6 is 0 Å². The smallest absolute Gasteiger partial charge is 0.245 e. The number of carbonyl (C=O) groups is 1. The second-order valence-corrected chi connectivity index (χ2v) is 11.0. The Balaban J connectivity index is 1.23. The Bertz CT molecular complexity index is 1220. The van der Waals surface area contributed by atoms with Gasteiger partial charge in [-0.3, -0.25) is 4.79 Å². The quantitative estimate of drug-likeness (QED) is 0.571. The van der Waals surface area contributed by atoms with Gasteiger partial charge in [0.25, 0.3) is 0 Å². The minimum atomic E-state index is -3.80. The molecule has 2 aliphatic rings. The molecular formula is C24H28N4O4S. The number of sulfonamides is 1. The van der Waals surface area contributed by atoms with Crippen molar-refractivity contribution in [1.82, 2.24) is 19.5 Å². The molecule has 2 aliphatic heterocycles. The van der Waals surface area contributed by atoms with Gasteiger partial charge in [0.15, 0.2) is 5.52 Å². The first-order valence-electron chi connectivity index (χ1n) is 11.6. The average Bonchev–Trinajstić information content (AvgIpc) is 3.34. The number of carbonyl (C=O) groups excluding carboxylic acids is 1. The Hall–Kier alpha value is -2.78. The summed E-state index contributed by atoms with van der Waals surface area (Å²) in [5.41, 5.74) is 1.97. The van der Waals surface area contributed by atoms with Crippen molar-refractivity contribution in [2.24, 2.45) is 11.8 Å². The molecule has 0 unspecified atom stereocenters. The molecule has 33 heavy (non-hydrogen) atoms. The van der Waals surface area contributed by atoms with Gasteiger partial charge in [-0.1, -0.05) is 36.4 Å². The van der Waals surface area contributed by atoms with Gasteiger partial charge in [0.05, 0.1) is 5.92 Å². The number of piperidine rings is 2. The topological polar surface area (TPSA) is 96.6 Å². The molecule has 1 atom stereocenters. The van der Waals surface area contributed by atoms with Crippen molar-refractivity contribution in [2.45, 2.75) is 37.0 Å². The normalized spacial score (nSPS) is 20.8. The zero-order valence-electron chi connectivity index (χ0n) is 18.5. The number of hydrogen-bond donors (Lipinski definition) is 0. The van der Waals surface area contributed by atoms with Crippen LogP contribution in [0.2, 0.25) is 0 Å². The molecule has 0 N–H and O–H groups in total. The van der Waals surface area contributed by atoms with Gasteiger partial charge >= 0.3 is 0 Å². The molecule has 1 amide bonds. The summed E-state index contributed by atoms with van der Waals surface area (Å²) in [6, 6.07) is 15.3. The standard InChI is InChI=1S/C24H28N4O4S/c29-24(27-14-11-19(12-15-27)16-18-6-2-1-3-7-18)20-8-5-13-28(17-20)33(30,31)22-10-4-9-21-23(22)26-32-25-21/h1-4,6-7,9-10,19-20H,5,8,11-17H2/t20-/m1/s1. The van der Waals surface area contributed by atoms with Crippen LogP contribution in [0.25, 0.3) is 11.0 Å². The summed E-state index contributed by atoms with van der Waals surface area (Å²) >= 11 is 0. The van der Waals surface area contributed by atoms with Gasteiger partial charge < -0.3 is 4.90 Å². The van der Waals surface area contributed by atoms with Gasteiger partial charge in [-0.15, -0.1) is 0 Å². The average molecular weight is 469 g/mol. The summed E-state index contributed by atoms with van der Waals surface area (Å²) in [5, 5.41) is 7.52. The van der Waals surface area contributed by atoms with E-state index < -0.39 is 10.0 Å². The molecule has 9 heteroatoms. The molecule has 8 nitrogen and oxygen atoms in total. The fraction of sp³-hybridized carbons (Fsp3) is 0.458. The summed E-state index contributed by atoms with van der Waals surface area (Å²) in [6.45, 7) is 2.08. The van der Waals surface area contributed by atoms with Crippen LogP contribution < -0.4 is 0 Å². The fourth-order valence-electron chi connectivity index (χ4n) is 5.05. The Labute approximate surface area is 193 Å². The minimum Gasteiger partial charge on any atom is -0.342 e. The lowest BCUT2D eigenvalue weighted by Gasteiger charge is -2.37. The van der Waals surface area contributed by atoms with E-state index in [1.165, 1.54) is 15.9 Å². The Morgan fingerprint density at radius 1 is 0.970 bits per heavy atom. The van der Waals surface area contributed by atoms with E-state index in [2.05, 4.69) is 34.6 Å². The molecule has 3 heterocycles. The maximum absolute atomic E-state index is 13.4. The molecule has 3 aromatic rings. The molecule has 5 rings (SSSR count). The number of likely N-dealkylation sites (tertiary alicyclic amines) is 1. The first-order valence-corrected chi connectivity index (χ1v) is 13.0. The van der Waals surface area contributed by atoms with Crippen LogP contribution in [0.4, 0.5) is 0 Å². The van der Waals surface area contributed by atoms with Crippen LogP contribution in [-0.2, 0) is 21.2 Å². The van der Waals surface area contributed by atoms with Crippen LogP contribution in [-0.4, -0.2) is 60.0 Å². The van der Waals surface area contributed by atoms with Gasteiger partial charge in [0, 0.05) is 26.2 Å². The monoisotopic (exact) mass is 468 g/mol. The molecule has 0 radical (unpaired) electrons. The van der Waals surface area contributed by atoms with Crippen LogP contribution in [0.3, 0.4) is 0 Å². The largest absolute Gasteiger partial charge is 0.342 e. The van der Waals surface area contributed by atoms with Crippen molar-refractivity contribution >= 4 is 27.0 Å². The van der Waals surface area contributed by atoms with Gasteiger partial charge in [-0.25, -0.2) is 13.0 Å². The van der Waals surface area contributed by atoms with Gasteiger partial charge in [-0.05, 0) is 66.0 Å². The summed E-state index contributed by atoms with van der Waals surface area (Å²) < 4.78 is 32.9. The van der Waals surface area contributed by atoms with Crippen molar-refractivity contribution in [3.05, 3.63) is 54.1 Å². The lowest BCUT2D eigenvalue weighted by molar-refractivity contribution is -0.138. The third-order valence-corrected chi connectivity index (χ3v) is 8.79. The van der Waals surface area contributed by atoms with Crippen LogP contribution in [0.5, 0.6) is 0 Å². The highest BCUT2D eigenvalue weighted by molar-refractivity contribution is 7.89. The third-order valence-electron chi connectivity index (χ3n) is 6.89. The van der Waals surface area contributed by atoms with Gasteiger partial charge in [0.2, 0.25) is 15.9 Å². The fourth-order valence-corrected chi connectivity index (χ4v) is 6.71. The van der Waals surface area contributed by atoms with Crippen molar-refractivity contribution in [2.75, 3.05) is 26.2 Å². The molecule has 1 aromatic heterocycles. The van der Waals surface area contributed by atoms with Gasteiger partial charge in [0.1, 0.15) is 10.4 Å². The predicted octanol–water partition coefficient (Wildman–Crippen LogP) is 3.10. The molecule has 2 fully saturated rings. The summed E-state index contributed by atoms with van der Waals surface area (Å²) in [6.07, 6.45) is 4.38. The maximum atomic E-state index is 13.4. The first kappa shape index (κ1) is 22.0. The van der Waals surface area contributed by atoms with Crippen molar-refractivity contribution in [1.29, 1.82) is 0 Å². The Kier molecular flexibility index (Phi) is 6.16. The van der Waals surface area contributed by atoms with Gasteiger partial charge in [-0.2, -0.15) is 4.31 Å². The molecule has 2 saturated heterocycles. The van der Waals surface area contributed by atoms with Crippen molar-refractivity contribution in [3.63, 3.8) is 0 Å². The third kappa shape index (κ3) is 4.52. The summed E-state index contributed by atoms with van der Waals surface area (Å²) in [4.78, 5) is 15.3. The number of amides is 1.